The van der Waals surface area contributed by atoms with Crippen molar-refractivity contribution < 1.29 is 24.2 Å². The molecule has 1 N–H and O–H groups in total. The third-order valence-electron chi connectivity index (χ3n) is 11.1. The number of esters is 2. The average molecular weight is 445 g/mol. The first-order valence-corrected chi connectivity index (χ1v) is 12.7. The van der Waals surface area contributed by atoms with Crippen LogP contribution in [0, 0.1) is 45.3 Å². The van der Waals surface area contributed by atoms with Crippen molar-refractivity contribution in [3.63, 3.8) is 0 Å². The molecule has 3 saturated carbocycles. The summed E-state index contributed by atoms with van der Waals surface area (Å²) in [5, 5.41) is 10.9. The molecule has 0 aromatic rings. The lowest BCUT2D eigenvalue weighted by molar-refractivity contribution is -0.230. The van der Waals surface area contributed by atoms with Crippen molar-refractivity contribution in [2.24, 2.45) is 45.3 Å². The molecule has 0 aromatic carbocycles. The van der Waals surface area contributed by atoms with Crippen LogP contribution in [0.3, 0.4) is 0 Å². The van der Waals surface area contributed by atoms with E-state index in [0.29, 0.717) is 23.3 Å². The Bertz CT molecular complexity index is 860. The minimum absolute atomic E-state index is 0.00263. The molecule has 0 aromatic heterocycles. The minimum atomic E-state index is -0.809. The monoisotopic (exact) mass is 444 g/mol. The SMILES string of the molecule is CC(=O)O[C@@H]1OC(=O)C2=CC[C@@H]3[C@](C)(CC[C@H]4[C@@]3(C)CC[C@H]3C(C)(C)CCC[C@@]34CO)[C@H]21. The van der Waals surface area contributed by atoms with Crippen molar-refractivity contribution in [2.75, 3.05) is 6.61 Å². The molecule has 4 aliphatic carbocycles. The second-order valence-corrected chi connectivity index (χ2v) is 12.7. The highest BCUT2D eigenvalue weighted by molar-refractivity contribution is 5.92. The molecule has 32 heavy (non-hydrogen) atoms. The fraction of sp³-hybridized carbons (Fsp3) is 0.852. The number of aliphatic hydroxyl groups excluding tert-OH is 1. The van der Waals surface area contributed by atoms with Crippen LogP contribution in [0.15, 0.2) is 11.6 Å². The summed E-state index contributed by atoms with van der Waals surface area (Å²) >= 11 is 0. The van der Waals surface area contributed by atoms with E-state index < -0.39 is 12.3 Å². The van der Waals surface area contributed by atoms with Gasteiger partial charge in [-0.05, 0) is 78.9 Å². The van der Waals surface area contributed by atoms with Gasteiger partial charge in [0.2, 0.25) is 0 Å². The molecule has 4 fully saturated rings. The van der Waals surface area contributed by atoms with Crippen LogP contribution in [-0.4, -0.2) is 29.9 Å². The number of fused-ring (bicyclic) bond motifs is 7. The smallest absolute Gasteiger partial charge is 0.337 e. The van der Waals surface area contributed by atoms with Gasteiger partial charge in [-0.25, -0.2) is 4.79 Å². The maximum atomic E-state index is 12.6. The molecule has 5 nitrogen and oxygen atoms in total. The van der Waals surface area contributed by atoms with Gasteiger partial charge in [-0.3, -0.25) is 4.79 Å². The predicted octanol–water partition coefficient (Wildman–Crippen LogP) is 5.02. The summed E-state index contributed by atoms with van der Waals surface area (Å²) in [7, 11) is 0. The summed E-state index contributed by atoms with van der Waals surface area (Å²) in [6.07, 6.45) is 10.1. The molecule has 178 valence electrons. The molecule has 1 saturated heterocycles. The minimum Gasteiger partial charge on any atom is -0.425 e. The predicted molar refractivity (Wildman–Crippen MR) is 120 cm³/mol. The van der Waals surface area contributed by atoms with Gasteiger partial charge in [0.25, 0.3) is 6.29 Å². The standard InChI is InChI=1S/C27H40O5/c1-16(29)31-23-21-17(22(30)32-23)7-8-19-25(4)13-9-18-24(2,3)11-6-12-27(18,15-28)20(25)10-14-26(19,21)5/h7,18-21,23,28H,6,8-15H2,1-5H3/t18-,19-,20-,21+,23+,25-,26-,27+/m0/s1. The molecular formula is C27H40O5. The molecule has 5 rings (SSSR count). The van der Waals surface area contributed by atoms with Gasteiger partial charge in [-0.1, -0.05) is 40.2 Å². The van der Waals surface area contributed by atoms with Crippen LogP contribution in [-0.2, 0) is 19.1 Å². The number of ether oxygens (including phenoxy) is 2. The Morgan fingerprint density at radius 1 is 1.06 bits per heavy atom. The fourth-order valence-electron chi connectivity index (χ4n) is 9.90. The first kappa shape index (κ1) is 22.4. The summed E-state index contributed by atoms with van der Waals surface area (Å²) in [5.41, 5.74) is 0.914. The Kier molecular flexibility index (Phi) is 4.96. The van der Waals surface area contributed by atoms with Gasteiger partial charge in [0.1, 0.15) is 0 Å². The topological polar surface area (TPSA) is 72.8 Å². The van der Waals surface area contributed by atoms with Gasteiger partial charge < -0.3 is 14.6 Å². The van der Waals surface area contributed by atoms with E-state index in [4.69, 9.17) is 9.47 Å². The first-order valence-electron chi connectivity index (χ1n) is 12.7. The zero-order chi connectivity index (χ0) is 23.1. The van der Waals surface area contributed by atoms with Crippen molar-refractivity contribution in [2.45, 2.75) is 92.3 Å². The summed E-state index contributed by atoms with van der Waals surface area (Å²) in [6.45, 7) is 11.3. The lowest BCUT2D eigenvalue weighted by Gasteiger charge is -2.69. The van der Waals surface area contributed by atoms with Gasteiger partial charge in [0.05, 0.1) is 5.92 Å². The summed E-state index contributed by atoms with van der Waals surface area (Å²) in [5.74, 6) is 0.509. The molecule has 0 amide bonds. The van der Waals surface area contributed by atoms with Crippen molar-refractivity contribution in [3.05, 3.63) is 11.6 Å². The average Bonchev–Trinajstić information content (AvgIpc) is 3.02. The summed E-state index contributed by atoms with van der Waals surface area (Å²) < 4.78 is 11.1. The van der Waals surface area contributed by atoms with Crippen molar-refractivity contribution in [1.29, 1.82) is 0 Å². The molecule has 1 heterocycles. The molecule has 5 heteroatoms. The Labute approximate surface area is 192 Å². The Hall–Kier alpha value is -1.36. The molecule has 1 aliphatic heterocycles. The number of carbonyl (C=O) groups is 2. The largest absolute Gasteiger partial charge is 0.425 e. The highest BCUT2D eigenvalue weighted by Crippen LogP contribution is 2.73. The summed E-state index contributed by atoms with van der Waals surface area (Å²) in [6, 6.07) is 0. The number of carbonyl (C=O) groups excluding carboxylic acids is 2. The molecular weight excluding hydrogens is 404 g/mol. The number of allylic oxidation sites excluding steroid dienone is 1. The second-order valence-electron chi connectivity index (χ2n) is 12.7. The Morgan fingerprint density at radius 2 is 1.75 bits per heavy atom. The highest BCUT2D eigenvalue weighted by Gasteiger charge is 2.69. The number of rotatable bonds is 2. The van der Waals surface area contributed by atoms with E-state index in [-0.39, 0.29) is 40.2 Å². The van der Waals surface area contributed by atoms with E-state index in [1.165, 1.54) is 19.8 Å². The van der Waals surface area contributed by atoms with Crippen LogP contribution in [0.4, 0.5) is 0 Å². The van der Waals surface area contributed by atoms with Gasteiger partial charge >= 0.3 is 11.9 Å². The number of hydrogen-bond donors (Lipinski definition) is 1. The maximum absolute atomic E-state index is 12.6. The summed E-state index contributed by atoms with van der Waals surface area (Å²) in [4.78, 5) is 24.4. The van der Waals surface area contributed by atoms with E-state index in [1.54, 1.807) is 0 Å². The molecule has 0 unspecified atom stereocenters. The van der Waals surface area contributed by atoms with E-state index in [0.717, 1.165) is 38.5 Å². The normalized spacial score (nSPS) is 49.0. The van der Waals surface area contributed by atoms with Crippen molar-refractivity contribution in [1.82, 2.24) is 0 Å². The van der Waals surface area contributed by atoms with E-state index in [1.807, 2.05) is 0 Å². The van der Waals surface area contributed by atoms with Gasteiger partial charge in [-0.2, -0.15) is 0 Å². The maximum Gasteiger partial charge on any atom is 0.337 e. The van der Waals surface area contributed by atoms with Crippen LogP contribution in [0.5, 0.6) is 0 Å². The van der Waals surface area contributed by atoms with Gasteiger partial charge in [0.15, 0.2) is 0 Å². The third kappa shape index (κ3) is 2.78. The second kappa shape index (κ2) is 7.07. The van der Waals surface area contributed by atoms with Crippen LogP contribution in [0.1, 0.15) is 86.0 Å². The van der Waals surface area contributed by atoms with E-state index >= 15 is 0 Å². The van der Waals surface area contributed by atoms with Gasteiger partial charge in [-0.15, -0.1) is 0 Å². The van der Waals surface area contributed by atoms with E-state index in [2.05, 4.69) is 33.8 Å². The highest BCUT2D eigenvalue weighted by atomic mass is 16.7. The van der Waals surface area contributed by atoms with Gasteiger partial charge in [0, 0.05) is 24.5 Å². The molecule has 0 radical (unpaired) electrons. The van der Waals surface area contributed by atoms with E-state index in [9.17, 15) is 14.7 Å². The lowest BCUT2D eigenvalue weighted by Crippen LogP contribution is -2.64. The first-order chi connectivity index (χ1) is 15.0. The van der Waals surface area contributed by atoms with Crippen LogP contribution in [0.25, 0.3) is 0 Å². The molecule has 0 spiro atoms. The number of hydrogen-bond acceptors (Lipinski definition) is 5. The van der Waals surface area contributed by atoms with Crippen molar-refractivity contribution >= 4 is 11.9 Å². The number of cyclic esters (lactones) is 1. The molecule has 8 atom stereocenters. The molecule has 0 bridgehead atoms. The third-order valence-corrected chi connectivity index (χ3v) is 11.1. The van der Waals surface area contributed by atoms with Crippen LogP contribution < -0.4 is 0 Å². The molecule has 5 aliphatic rings. The zero-order valence-corrected chi connectivity index (χ0v) is 20.4. The lowest BCUT2D eigenvalue weighted by atomic mass is 9.35. The van der Waals surface area contributed by atoms with Crippen LogP contribution >= 0.6 is 0 Å². The zero-order valence-electron chi connectivity index (χ0n) is 20.4. The van der Waals surface area contributed by atoms with Crippen LogP contribution in [0.2, 0.25) is 0 Å². The quantitative estimate of drug-likeness (QED) is 0.606. The Balaban J connectivity index is 1.55. The fourth-order valence-corrected chi connectivity index (χ4v) is 9.90. The number of aliphatic hydroxyl groups is 1. The van der Waals surface area contributed by atoms with Crippen molar-refractivity contribution in [3.8, 4) is 0 Å². The Morgan fingerprint density at radius 3 is 2.44 bits per heavy atom.